The van der Waals surface area contributed by atoms with Gasteiger partial charge in [-0.1, -0.05) is 164 Å². The van der Waals surface area contributed by atoms with Crippen molar-refractivity contribution >= 4 is 54.9 Å². The summed E-state index contributed by atoms with van der Waals surface area (Å²) in [6.45, 7) is 4.76. The average Bonchev–Trinajstić information content (AvgIpc) is 3.59. The van der Waals surface area contributed by atoms with Crippen LogP contribution >= 0.6 is 0 Å². The van der Waals surface area contributed by atoms with Crippen molar-refractivity contribution in [3.8, 4) is 33.5 Å². The first-order chi connectivity index (χ1) is 29.1. The van der Waals surface area contributed by atoms with Gasteiger partial charge in [-0.3, -0.25) is 4.99 Å². The number of aromatic nitrogens is 1. The standard InChI is InChI=1S/C56H38N2O/c1-36-30-41(37-16-5-2-6-17-37)34-51(40-21-9-4-10-22-40)58-55(36)44-32-42(46-25-15-26-48-47-24-13-14-27-53(47)59-56(46)48)31-43(33-44)52-35-49(38-18-7-3-8-19-38)54-45-23-12-11-20-39(45)28-29-50(54)57-52/h2-29,31-35,55H,1,30H2. The summed E-state index contributed by atoms with van der Waals surface area (Å²) < 4.78 is 6.65. The number of fused-ring (bicyclic) bond motifs is 6. The van der Waals surface area contributed by atoms with Crippen LogP contribution < -0.4 is 0 Å². The third kappa shape index (κ3) is 6.25. The highest BCUT2D eigenvalue weighted by atomic mass is 16.3. The molecule has 1 unspecified atom stereocenters. The number of aliphatic imine (C=N–C) groups is 1. The molecule has 3 nitrogen and oxygen atoms in total. The second-order valence-corrected chi connectivity index (χ2v) is 15.4. The van der Waals surface area contributed by atoms with Crippen LogP contribution in [0.15, 0.2) is 222 Å². The minimum Gasteiger partial charge on any atom is -0.455 e. The van der Waals surface area contributed by atoms with Gasteiger partial charge in [-0.15, -0.1) is 0 Å². The minimum atomic E-state index is -0.325. The third-order valence-electron chi connectivity index (χ3n) is 11.7. The van der Waals surface area contributed by atoms with Crippen LogP contribution in [0.2, 0.25) is 0 Å². The van der Waals surface area contributed by atoms with Crippen molar-refractivity contribution in [3.63, 3.8) is 0 Å². The van der Waals surface area contributed by atoms with Gasteiger partial charge in [0.15, 0.2) is 0 Å². The predicted octanol–water partition coefficient (Wildman–Crippen LogP) is 14.9. The second-order valence-electron chi connectivity index (χ2n) is 15.4. The molecule has 0 radical (unpaired) electrons. The Labute approximate surface area is 343 Å². The molecule has 3 heteroatoms. The molecule has 0 fully saturated rings. The van der Waals surface area contributed by atoms with E-state index < -0.39 is 0 Å². The summed E-state index contributed by atoms with van der Waals surface area (Å²) in [4.78, 5) is 11.0. The Morgan fingerprint density at radius 2 is 1.17 bits per heavy atom. The van der Waals surface area contributed by atoms with Crippen molar-refractivity contribution in [2.24, 2.45) is 4.99 Å². The Morgan fingerprint density at radius 1 is 0.508 bits per heavy atom. The molecule has 0 bridgehead atoms. The van der Waals surface area contributed by atoms with E-state index in [1.807, 2.05) is 12.1 Å². The SMILES string of the molecule is C=C1CC(c2ccccc2)=CC(c2ccccc2)=NC1c1cc(-c2cc(-c3ccccc3)c3c(ccc4ccccc43)n2)cc(-c2cccc3c2oc2ccccc23)c1. The van der Waals surface area contributed by atoms with Gasteiger partial charge in [-0.25, -0.2) is 4.98 Å². The summed E-state index contributed by atoms with van der Waals surface area (Å²) >= 11 is 0. The molecule has 2 aromatic heterocycles. The summed E-state index contributed by atoms with van der Waals surface area (Å²) in [5, 5.41) is 5.72. The van der Waals surface area contributed by atoms with E-state index in [4.69, 9.17) is 21.0 Å². The lowest BCUT2D eigenvalue weighted by atomic mass is 9.88. The van der Waals surface area contributed by atoms with E-state index in [1.54, 1.807) is 0 Å². The van der Waals surface area contributed by atoms with Gasteiger partial charge in [0.05, 0.1) is 23.0 Å². The molecule has 1 atom stereocenters. The van der Waals surface area contributed by atoms with E-state index >= 15 is 0 Å². The lowest BCUT2D eigenvalue weighted by molar-refractivity contribution is 0.670. The fourth-order valence-corrected chi connectivity index (χ4v) is 8.83. The Kier molecular flexibility index (Phi) is 8.45. The molecule has 3 heterocycles. The molecule has 0 aliphatic carbocycles. The molecule has 11 rings (SSSR count). The van der Waals surface area contributed by atoms with E-state index in [2.05, 4.69) is 188 Å². The zero-order chi connectivity index (χ0) is 39.3. The van der Waals surface area contributed by atoms with Crippen LogP contribution in [0.4, 0.5) is 0 Å². The first kappa shape index (κ1) is 34.6. The van der Waals surface area contributed by atoms with E-state index in [1.165, 1.54) is 21.9 Å². The molecule has 278 valence electrons. The number of nitrogens with zero attached hydrogens (tertiary/aromatic N) is 2. The Balaban J connectivity index is 1.16. The lowest BCUT2D eigenvalue weighted by Gasteiger charge is -2.20. The monoisotopic (exact) mass is 754 g/mol. The van der Waals surface area contributed by atoms with Gasteiger partial charge in [-0.2, -0.15) is 0 Å². The highest BCUT2D eigenvalue weighted by Crippen LogP contribution is 2.43. The van der Waals surface area contributed by atoms with Crippen molar-refractivity contribution < 1.29 is 4.42 Å². The minimum absolute atomic E-state index is 0.325. The maximum atomic E-state index is 6.65. The fraction of sp³-hybridized carbons (Fsp3) is 0.0357. The molecular formula is C56H38N2O. The van der Waals surface area contributed by atoms with Crippen LogP contribution in [-0.4, -0.2) is 10.7 Å². The Hall–Kier alpha value is -7.62. The van der Waals surface area contributed by atoms with Crippen LogP contribution in [0.1, 0.15) is 29.2 Å². The molecule has 8 aromatic carbocycles. The van der Waals surface area contributed by atoms with Gasteiger partial charge in [0.25, 0.3) is 0 Å². The Bertz CT molecular complexity index is 3300. The molecule has 0 amide bonds. The summed E-state index contributed by atoms with van der Waals surface area (Å²) in [5.41, 5.74) is 15.4. The van der Waals surface area contributed by atoms with Crippen molar-refractivity contribution in [1.29, 1.82) is 0 Å². The quantitative estimate of drug-likeness (QED) is 0.125. The number of rotatable bonds is 6. The average molecular weight is 755 g/mol. The van der Waals surface area contributed by atoms with Gasteiger partial charge in [0, 0.05) is 27.3 Å². The highest BCUT2D eigenvalue weighted by molar-refractivity contribution is 6.15. The normalized spacial score (nSPS) is 14.4. The molecule has 59 heavy (non-hydrogen) atoms. The summed E-state index contributed by atoms with van der Waals surface area (Å²) in [7, 11) is 0. The number of pyridine rings is 1. The van der Waals surface area contributed by atoms with Crippen molar-refractivity contribution in [1.82, 2.24) is 4.98 Å². The van der Waals surface area contributed by atoms with E-state index in [9.17, 15) is 0 Å². The largest absolute Gasteiger partial charge is 0.455 e. The molecule has 1 aliphatic rings. The molecule has 1 aliphatic heterocycles. The summed E-state index contributed by atoms with van der Waals surface area (Å²) in [6, 6.07) is 68.2. The second kappa shape index (κ2) is 14.4. The number of para-hydroxylation sites is 2. The van der Waals surface area contributed by atoms with Gasteiger partial charge in [0.2, 0.25) is 0 Å². The molecule has 0 saturated carbocycles. The Morgan fingerprint density at radius 3 is 1.97 bits per heavy atom. The van der Waals surface area contributed by atoms with Gasteiger partial charge < -0.3 is 4.42 Å². The van der Waals surface area contributed by atoms with Crippen molar-refractivity contribution in [2.45, 2.75) is 12.5 Å². The molecule has 0 spiro atoms. The maximum absolute atomic E-state index is 6.65. The first-order valence-corrected chi connectivity index (χ1v) is 20.2. The molecule has 0 saturated heterocycles. The van der Waals surface area contributed by atoms with Crippen LogP contribution in [0, 0.1) is 0 Å². The predicted molar refractivity (Wildman–Crippen MR) is 247 cm³/mol. The number of furan rings is 1. The van der Waals surface area contributed by atoms with Crippen LogP contribution in [0.3, 0.4) is 0 Å². The smallest absolute Gasteiger partial charge is 0.143 e. The first-order valence-electron chi connectivity index (χ1n) is 20.2. The number of allylic oxidation sites excluding steroid dienone is 2. The maximum Gasteiger partial charge on any atom is 0.143 e. The van der Waals surface area contributed by atoms with E-state index in [-0.39, 0.29) is 6.04 Å². The van der Waals surface area contributed by atoms with Gasteiger partial charge >= 0.3 is 0 Å². The zero-order valence-electron chi connectivity index (χ0n) is 32.3. The van der Waals surface area contributed by atoms with Gasteiger partial charge in [-0.05, 0) is 104 Å². The fourth-order valence-electron chi connectivity index (χ4n) is 8.83. The van der Waals surface area contributed by atoms with Crippen molar-refractivity contribution in [3.05, 3.63) is 229 Å². The number of benzene rings is 8. The third-order valence-corrected chi connectivity index (χ3v) is 11.7. The van der Waals surface area contributed by atoms with Crippen molar-refractivity contribution in [2.75, 3.05) is 0 Å². The lowest BCUT2D eigenvalue weighted by Crippen LogP contribution is -2.04. The number of hydrogen-bond acceptors (Lipinski definition) is 3. The van der Waals surface area contributed by atoms with Crippen LogP contribution in [0.25, 0.3) is 82.7 Å². The van der Waals surface area contributed by atoms with Crippen LogP contribution in [-0.2, 0) is 0 Å². The van der Waals surface area contributed by atoms with E-state index in [0.717, 1.165) is 88.8 Å². The topological polar surface area (TPSA) is 38.4 Å². The molecule has 10 aromatic rings. The zero-order valence-corrected chi connectivity index (χ0v) is 32.3. The van der Waals surface area contributed by atoms with Crippen LogP contribution in [0.5, 0.6) is 0 Å². The number of hydrogen-bond donors (Lipinski definition) is 0. The summed E-state index contributed by atoms with van der Waals surface area (Å²) in [6.07, 6.45) is 2.93. The molecule has 0 N–H and O–H groups in total. The van der Waals surface area contributed by atoms with E-state index in [0.29, 0.717) is 6.42 Å². The van der Waals surface area contributed by atoms with Gasteiger partial charge in [0.1, 0.15) is 11.2 Å². The highest BCUT2D eigenvalue weighted by Gasteiger charge is 2.24. The summed E-state index contributed by atoms with van der Waals surface area (Å²) in [5.74, 6) is 0. The molecular weight excluding hydrogens is 717 g/mol.